The van der Waals surface area contributed by atoms with Crippen molar-refractivity contribution in [3.8, 4) is 11.5 Å². The molecule has 0 saturated heterocycles. The topological polar surface area (TPSA) is 85.4 Å². The van der Waals surface area contributed by atoms with Crippen molar-refractivity contribution in [2.75, 3.05) is 19.5 Å². The second-order valence-electron chi connectivity index (χ2n) is 5.80. The molecule has 1 amide bonds. The molecule has 1 heterocycles. The molecule has 0 saturated carbocycles. The Bertz CT molecular complexity index is 964. The van der Waals surface area contributed by atoms with E-state index in [9.17, 15) is 4.79 Å². The van der Waals surface area contributed by atoms with Crippen LogP contribution in [0.3, 0.4) is 0 Å². The van der Waals surface area contributed by atoms with E-state index in [4.69, 9.17) is 21.1 Å². The molecule has 0 spiro atoms. The predicted octanol–water partition coefficient (Wildman–Crippen LogP) is 3.82. The summed E-state index contributed by atoms with van der Waals surface area (Å²) < 4.78 is 10.5. The van der Waals surface area contributed by atoms with Crippen LogP contribution in [0.2, 0.25) is 5.02 Å². The van der Waals surface area contributed by atoms with Crippen molar-refractivity contribution in [3.63, 3.8) is 0 Å². The summed E-state index contributed by atoms with van der Waals surface area (Å²) in [6.07, 6.45) is 2.92. The number of halogens is 1. The van der Waals surface area contributed by atoms with E-state index in [-0.39, 0.29) is 5.91 Å². The van der Waals surface area contributed by atoms with E-state index in [2.05, 4.69) is 20.6 Å². The van der Waals surface area contributed by atoms with Crippen molar-refractivity contribution in [2.45, 2.75) is 6.54 Å². The first kappa shape index (κ1) is 19.4. The number of carbonyl (C=O) groups is 1. The Balaban J connectivity index is 1.60. The van der Waals surface area contributed by atoms with E-state index >= 15 is 0 Å². The highest BCUT2D eigenvalue weighted by molar-refractivity contribution is 6.30. The third kappa shape index (κ3) is 4.89. The van der Waals surface area contributed by atoms with Gasteiger partial charge in [0.05, 0.1) is 19.8 Å². The highest BCUT2D eigenvalue weighted by atomic mass is 35.5. The number of hydrogen-bond donors (Lipinski definition) is 2. The number of aromatic nitrogens is 2. The number of ether oxygens (including phenoxy) is 2. The lowest BCUT2D eigenvalue weighted by Gasteiger charge is -2.10. The molecule has 0 aliphatic carbocycles. The van der Waals surface area contributed by atoms with E-state index in [0.717, 1.165) is 11.3 Å². The molecule has 2 N–H and O–H groups in total. The zero-order valence-corrected chi connectivity index (χ0v) is 16.2. The minimum Gasteiger partial charge on any atom is -0.493 e. The fraction of sp³-hybridized carbons (Fsp3) is 0.150. The van der Waals surface area contributed by atoms with Gasteiger partial charge in [0.25, 0.3) is 5.91 Å². The maximum atomic E-state index is 12.3. The molecule has 28 heavy (non-hydrogen) atoms. The van der Waals surface area contributed by atoms with Gasteiger partial charge in [0.1, 0.15) is 0 Å². The number of amides is 1. The molecule has 0 fully saturated rings. The lowest BCUT2D eigenvalue weighted by atomic mass is 10.2. The van der Waals surface area contributed by atoms with Gasteiger partial charge in [-0.15, -0.1) is 0 Å². The maximum Gasteiger partial charge on any atom is 0.254 e. The fourth-order valence-electron chi connectivity index (χ4n) is 2.48. The standard InChI is InChI=1S/C20H19ClN4O3/c1-27-17-7-6-13(8-18(17)28-2)10-22-19(26)14-11-23-20(24-12-14)25-16-5-3-4-15(21)9-16/h3-9,11-12H,10H2,1-2H3,(H,22,26)(H,23,24,25). The molecule has 0 atom stereocenters. The summed E-state index contributed by atoms with van der Waals surface area (Å²) >= 11 is 5.95. The number of nitrogens with one attached hydrogen (secondary N) is 2. The quantitative estimate of drug-likeness (QED) is 0.629. The highest BCUT2D eigenvalue weighted by Crippen LogP contribution is 2.27. The highest BCUT2D eigenvalue weighted by Gasteiger charge is 2.09. The summed E-state index contributed by atoms with van der Waals surface area (Å²) in [6, 6.07) is 12.7. The van der Waals surface area contributed by atoms with E-state index in [1.165, 1.54) is 12.4 Å². The summed E-state index contributed by atoms with van der Waals surface area (Å²) in [6.45, 7) is 0.335. The molecule has 0 unspecified atom stereocenters. The second kappa shape index (κ2) is 9.05. The van der Waals surface area contributed by atoms with Gasteiger partial charge in [-0.1, -0.05) is 23.7 Å². The Morgan fingerprint density at radius 2 is 1.79 bits per heavy atom. The average molecular weight is 399 g/mol. The van der Waals surface area contributed by atoms with Gasteiger partial charge in [0.2, 0.25) is 5.95 Å². The molecule has 144 valence electrons. The molecule has 8 heteroatoms. The molecular formula is C20H19ClN4O3. The zero-order chi connectivity index (χ0) is 19.9. The molecular weight excluding hydrogens is 380 g/mol. The Kier molecular flexibility index (Phi) is 6.29. The third-order valence-electron chi connectivity index (χ3n) is 3.90. The SMILES string of the molecule is COc1ccc(CNC(=O)c2cnc(Nc3cccc(Cl)c3)nc2)cc1OC. The molecule has 0 bridgehead atoms. The number of rotatable bonds is 7. The van der Waals surface area contributed by atoms with Gasteiger partial charge in [-0.05, 0) is 35.9 Å². The van der Waals surface area contributed by atoms with E-state index in [1.807, 2.05) is 24.3 Å². The van der Waals surface area contributed by atoms with Crippen LogP contribution in [0, 0.1) is 0 Å². The Labute approximate surface area is 167 Å². The van der Waals surface area contributed by atoms with E-state index in [1.54, 1.807) is 32.4 Å². The van der Waals surface area contributed by atoms with Gasteiger partial charge < -0.3 is 20.1 Å². The number of carbonyl (C=O) groups excluding carboxylic acids is 1. The minimum atomic E-state index is -0.274. The van der Waals surface area contributed by atoms with Gasteiger partial charge in [-0.2, -0.15) is 0 Å². The Morgan fingerprint density at radius 1 is 1.04 bits per heavy atom. The van der Waals surface area contributed by atoms with Gasteiger partial charge in [-0.3, -0.25) is 4.79 Å². The number of methoxy groups -OCH3 is 2. The predicted molar refractivity (Wildman–Crippen MR) is 107 cm³/mol. The molecule has 1 aromatic heterocycles. The smallest absolute Gasteiger partial charge is 0.254 e. The van der Waals surface area contributed by atoms with Crippen LogP contribution in [0.1, 0.15) is 15.9 Å². The Hall–Kier alpha value is -3.32. The van der Waals surface area contributed by atoms with Gasteiger partial charge in [0, 0.05) is 29.6 Å². The molecule has 7 nitrogen and oxygen atoms in total. The van der Waals surface area contributed by atoms with E-state index in [0.29, 0.717) is 34.6 Å². The van der Waals surface area contributed by atoms with Crippen LogP contribution < -0.4 is 20.1 Å². The maximum absolute atomic E-state index is 12.3. The van der Waals surface area contributed by atoms with Crippen LogP contribution in [-0.4, -0.2) is 30.1 Å². The van der Waals surface area contributed by atoms with Gasteiger partial charge >= 0.3 is 0 Å². The van der Waals surface area contributed by atoms with Crippen molar-refractivity contribution < 1.29 is 14.3 Å². The molecule has 3 aromatic rings. The zero-order valence-electron chi connectivity index (χ0n) is 15.4. The van der Waals surface area contributed by atoms with Crippen molar-refractivity contribution in [1.82, 2.24) is 15.3 Å². The minimum absolute atomic E-state index is 0.274. The number of benzene rings is 2. The fourth-order valence-corrected chi connectivity index (χ4v) is 2.67. The molecule has 0 radical (unpaired) electrons. The normalized spacial score (nSPS) is 10.2. The average Bonchev–Trinajstić information content (AvgIpc) is 2.72. The summed E-state index contributed by atoms with van der Waals surface area (Å²) in [5, 5.41) is 6.46. The molecule has 0 aliphatic heterocycles. The van der Waals surface area contributed by atoms with Crippen molar-refractivity contribution >= 4 is 29.1 Å². The van der Waals surface area contributed by atoms with Crippen LogP contribution in [0.15, 0.2) is 54.9 Å². The van der Waals surface area contributed by atoms with Crippen LogP contribution in [0.4, 0.5) is 11.6 Å². The monoisotopic (exact) mass is 398 g/mol. The molecule has 3 rings (SSSR count). The van der Waals surface area contributed by atoms with E-state index < -0.39 is 0 Å². The number of anilines is 2. The first-order valence-electron chi connectivity index (χ1n) is 8.43. The lowest BCUT2D eigenvalue weighted by Crippen LogP contribution is -2.23. The summed E-state index contributed by atoms with van der Waals surface area (Å²) in [5.74, 6) is 1.34. The summed E-state index contributed by atoms with van der Waals surface area (Å²) in [5.41, 5.74) is 2.00. The Morgan fingerprint density at radius 3 is 2.46 bits per heavy atom. The van der Waals surface area contributed by atoms with Crippen LogP contribution in [0.25, 0.3) is 0 Å². The number of nitrogens with zero attached hydrogens (tertiary/aromatic N) is 2. The van der Waals surface area contributed by atoms with Crippen molar-refractivity contribution in [3.05, 3.63) is 71.0 Å². The number of hydrogen-bond acceptors (Lipinski definition) is 6. The van der Waals surface area contributed by atoms with Gasteiger partial charge in [0.15, 0.2) is 11.5 Å². The molecule has 0 aliphatic rings. The summed E-state index contributed by atoms with van der Waals surface area (Å²) in [4.78, 5) is 20.7. The molecule has 2 aromatic carbocycles. The summed E-state index contributed by atoms with van der Waals surface area (Å²) in [7, 11) is 3.14. The largest absolute Gasteiger partial charge is 0.493 e. The third-order valence-corrected chi connectivity index (χ3v) is 4.13. The van der Waals surface area contributed by atoms with Crippen LogP contribution >= 0.6 is 11.6 Å². The van der Waals surface area contributed by atoms with Crippen molar-refractivity contribution in [2.24, 2.45) is 0 Å². The van der Waals surface area contributed by atoms with Crippen molar-refractivity contribution in [1.29, 1.82) is 0 Å². The second-order valence-corrected chi connectivity index (χ2v) is 6.24. The van der Waals surface area contributed by atoms with Gasteiger partial charge in [-0.25, -0.2) is 9.97 Å². The lowest BCUT2D eigenvalue weighted by molar-refractivity contribution is 0.0950. The first-order valence-corrected chi connectivity index (χ1v) is 8.80. The van der Waals surface area contributed by atoms with Crippen LogP contribution in [-0.2, 0) is 6.54 Å². The first-order chi connectivity index (χ1) is 13.6. The van der Waals surface area contributed by atoms with Crippen LogP contribution in [0.5, 0.6) is 11.5 Å².